The minimum atomic E-state index is -2.09. The second-order valence-corrected chi connectivity index (χ2v) is 4.22. The summed E-state index contributed by atoms with van der Waals surface area (Å²) in [6.45, 7) is 0.955. The normalized spacial score (nSPS) is 11.1. The first-order valence-electron chi connectivity index (χ1n) is 5.69. The van der Waals surface area contributed by atoms with Crippen molar-refractivity contribution in [2.75, 3.05) is 13.2 Å². The van der Waals surface area contributed by atoms with Crippen molar-refractivity contribution >= 4 is 11.9 Å². The Morgan fingerprint density at radius 1 is 1.15 bits per heavy atom. The fourth-order valence-electron chi connectivity index (χ4n) is 1.51. The second-order valence-electron chi connectivity index (χ2n) is 4.22. The molecule has 0 aliphatic carbocycles. The monoisotopic (exact) mass is 288 g/mol. The van der Waals surface area contributed by atoms with Gasteiger partial charge in [0.2, 0.25) is 0 Å². The van der Waals surface area contributed by atoms with Crippen LogP contribution in [0.3, 0.4) is 0 Å². The molecule has 0 aliphatic heterocycles. The van der Waals surface area contributed by atoms with Gasteiger partial charge >= 0.3 is 11.9 Å². The van der Waals surface area contributed by atoms with Crippen molar-refractivity contribution in [1.82, 2.24) is 0 Å². The summed E-state index contributed by atoms with van der Waals surface area (Å²) in [6.07, 6.45) is 0. The van der Waals surface area contributed by atoms with E-state index in [1.165, 1.54) is 0 Å². The number of benzene rings is 1. The molecule has 1 rings (SSSR count). The maximum Gasteiger partial charge on any atom is 0.302 e. The zero-order valence-electron chi connectivity index (χ0n) is 11.0. The van der Waals surface area contributed by atoms with Crippen molar-refractivity contribution in [2.24, 2.45) is 0 Å². The van der Waals surface area contributed by atoms with Crippen LogP contribution in [0.1, 0.15) is 19.4 Å². The molecule has 110 valence electrons. The van der Waals surface area contributed by atoms with E-state index in [1.807, 2.05) is 0 Å². The Kier molecular flexibility index (Phi) is 5.15. The maximum atomic E-state index is 13.7. The largest absolute Gasteiger partial charge is 0.462 e. The number of aliphatic hydroxyl groups is 1. The van der Waals surface area contributed by atoms with Gasteiger partial charge in [-0.15, -0.1) is 0 Å². The van der Waals surface area contributed by atoms with E-state index < -0.39 is 42.4 Å². The van der Waals surface area contributed by atoms with Crippen LogP contribution in [0.4, 0.5) is 8.78 Å². The lowest BCUT2D eigenvalue weighted by Gasteiger charge is -2.27. The highest BCUT2D eigenvalue weighted by Crippen LogP contribution is 2.26. The predicted octanol–water partition coefficient (Wildman–Crippen LogP) is 1.28. The van der Waals surface area contributed by atoms with E-state index in [-0.39, 0.29) is 5.56 Å². The smallest absolute Gasteiger partial charge is 0.302 e. The molecular formula is C13H14F2O5. The molecule has 0 radical (unpaired) electrons. The summed E-state index contributed by atoms with van der Waals surface area (Å²) in [4.78, 5) is 21.6. The third-order valence-corrected chi connectivity index (χ3v) is 2.46. The van der Waals surface area contributed by atoms with Crippen LogP contribution >= 0.6 is 0 Å². The maximum absolute atomic E-state index is 13.7. The molecular weight excluding hydrogens is 274 g/mol. The van der Waals surface area contributed by atoms with E-state index in [0.717, 1.165) is 26.0 Å². The van der Waals surface area contributed by atoms with E-state index in [0.29, 0.717) is 6.07 Å². The molecule has 0 atom stereocenters. The number of carbonyl (C=O) groups is 2. The summed E-state index contributed by atoms with van der Waals surface area (Å²) >= 11 is 0. The first-order valence-corrected chi connectivity index (χ1v) is 5.69. The quantitative estimate of drug-likeness (QED) is 0.826. The van der Waals surface area contributed by atoms with Crippen LogP contribution in [0, 0.1) is 11.6 Å². The van der Waals surface area contributed by atoms with Gasteiger partial charge in [-0.25, -0.2) is 8.78 Å². The van der Waals surface area contributed by atoms with Crippen LogP contribution in [0.5, 0.6) is 0 Å². The van der Waals surface area contributed by atoms with Crippen LogP contribution < -0.4 is 0 Å². The first kappa shape index (κ1) is 16.0. The Labute approximate surface area is 114 Å². The SMILES string of the molecule is CC(=O)OCC(O)(COC(C)=O)c1ccc(F)cc1F. The molecule has 7 heteroatoms. The Bertz CT molecular complexity index is 497. The van der Waals surface area contributed by atoms with Crippen molar-refractivity contribution < 1.29 is 33.0 Å². The van der Waals surface area contributed by atoms with Crippen molar-refractivity contribution in [2.45, 2.75) is 19.4 Å². The lowest BCUT2D eigenvalue weighted by Crippen LogP contribution is -2.39. The van der Waals surface area contributed by atoms with E-state index in [1.54, 1.807) is 0 Å². The fraction of sp³-hybridized carbons (Fsp3) is 0.385. The van der Waals surface area contributed by atoms with Crippen LogP contribution in [0.25, 0.3) is 0 Å². The Morgan fingerprint density at radius 2 is 1.65 bits per heavy atom. The second kappa shape index (κ2) is 6.42. The van der Waals surface area contributed by atoms with Crippen LogP contribution in [0.2, 0.25) is 0 Å². The molecule has 0 saturated heterocycles. The van der Waals surface area contributed by atoms with Gasteiger partial charge in [-0.3, -0.25) is 9.59 Å². The van der Waals surface area contributed by atoms with E-state index in [2.05, 4.69) is 9.47 Å². The van der Waals surface area contributed by atoms with E-state index in [9.17, 15) is 23.5 Å². The van der Waals surface area contributed by atoms with Gasteiger partial charge in [0, 0.05) is 25.5 Å². The fourth-order valence-corrected chi connectivity index (χ4v) is 1.51. The lowest BCUT2D eigenvalue weighted by molar-refractivity contribution is -0.162. The Morgan fingerprint density at radius 3 is 2.05 bits per heavy atom. The number of rotatable bonds is 5. The lowest BCUT2D eigenvalue weighted by atomic mass is 9.95. The van der Waals surface area contributed by atoms with Crippen molar-refractivity contribution in [3.63, 3.8) is 0 Å². The van der Waals surface area contributed by atoms with Crippen molar-refractivity contribution in [3.8, 4) is 0 Å². The minimum absolute atomic E-state index is 0.332. The molecule has 0 aliphatic rings. The van der Waals surface area contributed by atoms with Crippen molar-refractivity contribution in [3.05, 3.63) is 35.4 Å². The third kappa shape index (κ3) is 4.27. The first-order chi connectivity index (χ1) is 9.24. The average molecular weight is 288 g/mol. The number of ether oxygens (including phenoxy) is 2. The number of esters is 2. The van der Waals surface area contributed by atoms with Gasteiger partial charge < -0.3 is 14.6 Å². The molecule has 5 nitrogen and oxygen atoms in total. The summed E-state index contributed by atoms with van der Waals surface area (Å²) in [6, 6.07) is 2.50. The van der Waals surface area contributed by atoms with Gasteiger partial charge in [0.25, 0.3) is 0 Å². The zero-order chi connectivity index (χ0) is 15.3. The molecule has 1 aromatic rings. The highest BCUT2D eigenvalue weighted by atomic mass is 19.1. The van der Waals surface area contributed by atoms with Crippen LogP contribution in [-0.4, -0.2) is 30.3 Å². The van der Waals surface area contributed by atoms with E-state index >= 15 is 0 Å². The van der Waals surface area contributed by atoms with E-state index in [4.69, 9.17) is 0 Å². The number of hydrogen-bond acceptors (Lipinski definition) is 5. The molecule has 0 fully saturated rings. The highest BCUT2D eigenvalue weighted by Gasteiger charge is 2.35. The average Bonchev–Trinajstić information content (AvgIpc) is 2.34. The predicted molar refractivity (Wildman–Crippen MR) is 63.5 cm³/mol. The summed E-state index contributed by atoms with van der Waals surface area (Å²) in [5, 5.41) is 10.3. The third-order valence-electron chi connectivity index (χ3n) is 2.46. The molecule has 0 amide bonds. The minimum Gasteiger partial charge on any atom is -0.462 e. The van der Waals surface area contributed by atoms with Gasteiger partial charge in [0.15, 0.2) is 5.60 Å². The molecule has 0 saturated carbocycles. The molecule has 20 heavy (non-hydrogen) atoms. The number of hydrogen-bond donors (Lipinski definition) is 1. The number of carbonyl (C=O) groups excluding carboxylic acids is 2. The van der Waals surface area contributed by atoms with Gasteiger partial charge in [-0.05, 0) is 6.07 Å². The van der Waals surface area contributed by atoms with Gasteiger partial charge in [0.05, 0.1) is 0 Å². The van der Waals surface area contributed by atoms with Gasteiger partial charge in [-0.2, -0.15) is 0 Å². The summed E-state index contributed by atoms with van der Waals surface area (Å²) in [5.41, 5.74) is -2.42. The molecule has 1 aromatic carbocycles. The Balaban J connectivity index is 3.07. The molecule has 1 N–H and O–H groups in total. The summed E-state index contributed by atoms with van der Waals surface area (Å²) in [5.74, 6) is -3.26. The molecule has 0 spiro atoms. The highest BCUT2D eigenvalue weighted by molar-refractivity contribution is 5.66. The molecule has 0 aromatic heterocycles. The van der Waals surface area contributed by atoms with Gasteiger partial charge in [-0.1, -0.05) is 6.07 Å². The topological polar surface area (TPSA) is 72.8 Å². The summed E-state index contributed by atoms with van der Waals surface area (Å²) < 4.78 is 35.9. The summed E-state index contributed by atoms with van der Waals surface area (Å²) in [7, 11) is 0. The van der Waals surface area contributed by atoms with Crippen molar-refractivity contribution in [1.29, 1.82) is 0 Å². The molecule has 0 heterocycles. The zero-order valence-corrected chi connectivity index (χ0v) is 11.0. The Hall–Kier alpha value is -2.02. The van der Waals surface area contributed by atoms with Crippen LogP contribution in [0.15, 0.2) is 18.2 Å². The molecule has 0 bridgehead atoms. The van der Waals surface area contributed by atoms with Gasteiger partial charge in [0.1, 0.15) is 24.8 Å². The standard InChI is InChI=1S/C13H14F2O5/c1-8(16)19-6-13(18,7-20-9(2)17)11-4-3-10(14)5-12(11)15/h3-5,18H,6-7H2,1-2H3. The number of halogens is 2. The molecule has 0 unspecified atom stereocenters. The van der Waals surface area contributed by atoms with Crippen LogP contribution in [-0.2, 0) is 24.7 Å².